The van der Waals surface area contributed by atoms with Gasteiger partial charge >= 0.3 is 0 Å². The molecule has 5 rings (SSSR count). The largest absolute Gasteiger partial charge is 0.381 e. The van der Waals surface area contributed by atoms with Gasteiger partial charge < -0.3 is 19.4 Å². The number of hydrogen-bond acceptors (Lipinski definition) is 5. The van der Waals surface area contributed by atoms with E-state index < -0.39 is 5.82 Å². The standard InChI is InChI=1S/C26H33FN4O3/c27-23-6-5-19(17-31-18-28-16-21-3-1-2-4-24(21)31)15-22(23)26(33)30-11-9-29(10-12-30)25(32)20-7-13-34-14-8-20/h5-6,15-16,20H,1-4,7-14,17-18H2. The molecule has 1 aromatic carbocycles. The maximum Gasteiger partial charge on any atom is 0.256 e. The SMILES string of the molecule is O=C(c1cc(CN2CN=CC3=C2CCCC3)ccc1F)N1CCN(C(=O)C2CCOCC2)CC1. The predicted octanol–water partition coefficient (Wildman–Crippen LogP) is 3.21. The summed E-state index contributed by atoms with van der Waals surface area (Å²) in [5, 5.41) is 0. The van der Waals surface area contributed by atoms with E-state index >= 15 is 0 Å². The zero-order valence-electron chi connectivity index (χ0n) is 19.7. The molecular weight excluding hydrogens is 435 g/mol. The highest BCUT2D eigenvalue weighted by atomic mass is 19.1. The molecule has 34 heavy (non-hydrogen) atoms. The van der Waals surface area contributed by atoms with Crippen molar-refractivity contribution in [3.05, 3.63) is 46.4 Å². The number of nitrogens with zero attached hydrogens (tertiary/aromatic N) is 4. The average molecular weight is 469 g/mol. The molecule has 0 N–H and O–H groups in total. The molecule has 0 spiro atoms. The number of piperazine rings is 1. The van der Waals surface area contributed by atoms with Crippen molar-refractivity contribution in [3.63, 3.8) is 0 Å². The molecule has 3 aliphatic heterocycles. The van der Waals surface area contributed by atoms with E-state index in [9.17, 15) is 14.0 Å². The molecule has 0 unspecified atom stereocenters. The van der Waals surface area contributed by atoms with Gasteiger partial charge in [-0.3, -0.25) is 14.6 Å². The fraction of sp³-hybridized carbons (Fsp3) is 0.577. The monoisotopic (exact) mass is 468 g/mol. The van der Waals surface area contributed by atoms with Crippen LogP contribution in [0.2, 0.25) is 0 Å². The Kier molecular flexibility index (Phi) is 6.94. The number of rotatable bonds is 4. The summed E-state index contributed by atoms with van der Waals surface area (Å²) in [4.78, 5) is 36.2. The maximum atomic E-state index is 14.7. The molecule has 0 radical (unpaired) electrons. The number of hydrogen-bond donors (Lipinski definition) is 0. The third-order valence-electron chi connectivity index (χ3n) is 7.45. The smallest absolute Gasteiger partial charge is 0.256 e. The van der Waals surface area contributed by atoms with Crippen LogP contribution in [0.5, 0.6) is 0 Å². The van der Waals surface area contributed by atoms with E-state index in [0.29, 0.717) is 52.6 Å². The van der Waals surface area contributed by atoms with Gasteiger partial charge in [-0.2, -0.15) is 0 Å². The lowest BCUT2D eigenvalue weighted by molar-refractivity contribution is -0.140. The Morgan fingerprint density at radius 2 is 1.76 bits per heavy atom. The Hall–Kier alpha value is -2.74. The summed E-state index contributed by atoms with van der Waals surface area (Å²) in [6.45, 7) is 4.31. The van der Waals surface area contributed by atoms with E-state index in [1.807, 2.05) is 11.1 Å². The second-order valence-corrected chi connectivity index (χ2v) is 9.65. The number of aliphatic imine (C=N–C) groups is 1. The molecule has 7 nitrogen and oxygen atoms in total. The summed E-state index contributed by atoms with van der Waals surface area (Å²) in [5.74, 6) is -0.622. The van der Waals surface area contributed by atoms with Gasteiger partial charge in [-0.25, -0.2) is 4.39 Å². The van der Waals surface area contributed by atoms with Gasteiger partial charge in [0.05, 0.1) is 5.56 Å². The Balaban J connectivity index is 1.22. The minimum absolute atomic E-state index is 0.0176. The van der Waals surface area contributed by atoms with Crippen molar-refractivity contribution in [2.45, 2.75) is 45.1 Å². The van der Waals surface area contributed by atoms with E-state index in [4.69, 9.17) is 4.74 Å². The van der Waals surface area contributed by atoms with Crippen LogP contribution < -0.4 is 0 Å². The van der Waals surface area contributed by atoms with Crippen LogP contribution in [0.15, 0.2) is 34.5 Å². The molecule has 2 fully saturated rings. The van der Waals surface area contributed by atoms with Crippen molar-refractivity contribution in [1.82, 2.24) is 14.7 Å². The molecule has 0 saturated carbocycles. The Labute approximate surface area is 200 Å². The fourth-order valence-corrected chi connectivity index (χ4v) is 5.45. The number of amides is 2. The Bertz CT molecular complexity index is 994. The summed E-state index contributed by atoms with van der Waals surface area (Å²) in [7, 11) is 0. The van der Waals surface area contributed by atoms with Gasteiger partial charge in [0.25, 0.3) is 5.91 Å². The van der Waals surface area contributed by atoms with E-state index in [1.165, 1.54) is 30.2 Å². The zero-order valence-corrected chi connectivity index (χ0v) is 19.7. The first kappa shape index (κ1) is 23.0. The quantitative estimate of drug-likeness (QED) is 0.681. The molecule has 0 aromatic heterocycles. The second kappa shape index (κ2) is 10.3. The van der Waals surface area contributed by atoms with Crippen LogP contribution in [0, 0.1) is 11.7 Å². The Morgan fingerprint density at radius 1 is 1.03 bits per heavy atom. The van der Waals surface area contributed by atoms with Crippen LogP contribution in [-0.4, -0.2) is 78.8 Å². The lowest BCUT2D eigenvalue weighted by Gasteiger charge is -2.37. The van der Waals surface area contributed by atoms with Gasteiger partial charge in [0.1, 0.15) is 12.5 Å². The second-order valence-electron chi connectivity index (χ2n) is 9.65. The molecule has 182 valence electrons. The average Bonchev–Trinajstić information content (AvgIpc) is 2.90. The highest BCUT2D eigenvalue weighted by Crippen LogP contribution is 2.30. The summed E-state index contributed by atoms with van der Waals surface area (Å²) >= 11 is 0. The van der Waals surface area contributed by atoms with Gasteiger partial charge in [-0.15, -0.1) is 0 Å². The molecule has 2 amide bonds. The van der Waals surface area contributed by atoms with Crippen LogP contribution in [0.25, 0.3) is 0 Å². The van der Waals surface area contributed by atoms with Crippen LogP contribution in [0.3, 0.4) is 0 Å². The number of benzene rings is 1. The number of ether oxygens (including phenoxy) is 1. The minimum Gasteiger partial charge on any atom is -0.381 e. The molecule has 0 atom stereocenters. The van der Waals surface area contributed by atoms with Gasteiger partial charge in [0.2, 0.25) is 5.91 Å². The van der Waals surface area contributed by atoms with E-state index in [1.54, 1.807) is 17.0 Å². The van der Waals surface area contributed by atoms with Crippen molar-refractivity contribution in [2.75, 3.05) is 46.1 Å². The van der Waals surface area contributed by atoms with Gasteiger partial charge in [-0.1, -0.05) is 6.07 Å². The van der Waals surface area contributed by atoms with E-state index in [2.05, 4.69) is 9.89 Å². The van der Waals surface area contributed by atoms with Crippen LogP contribution in [0.1, 0.15) is 54.4 Å². The first-order valence-electron chi connectivity index (χ1n) is 12.5. The predicted molar refractivity (Wildman–Crippen MR) is 127 cm³/mol. The van der Waals surface area contributed by atoms with Crippen molar-refractivity contribution < 1.29 is 18.7 Å². The normalized spacial score (nSPS) is 21.6. The summed E-state index contributed by atoms with van der Waals surface area (Å²) < 4.78 is 20.1. The first-order valence-corrected chi connectivity index (χ1v) is 12.5. The van der Waals surface area contributed by atoms with Crippen LogP contribution in [-0.2, 0) is 16.1 Å². The molecule has 3 heterocycles. The number of carbonyl (C=O) groups excluding carboxylic acids is 2. The number of halogens is 1. The van der Waals surface area contributed by atoms with E-state index in [-0.39, 0.29) is 23.3 Å². The van der Waals surface area contributed by atoms with Crippen LogP contribution in [0.4, 0.5) is 4.39 Å². The Morgan fingerprint density at radius 3 is 2.56 bits per heavy atom. The molecule has 2 saturated heterocycles. The van der Waals surface area contributed by atoms with E-state index in [0.717, 1.165) is 31.2 Å². The van der Waals surface area contributed by atoms with Gasteiger partial charge in [-0.05, 0) is 61.8 Å². The fourth-order valence-electron chi connectivity index (χ4n) is 5.45. The van der Waals surface area contributed by atoms with Crippen LogP contribution >= 0.6 is 0 Å². The minimum atomic E-state index is -0.497. The molecule has 0 bridgehead atoms. The molecular formula is C26H33FN4O3. The maximum absolute atomic E-state index is 14.7. The topological polar surface area (TPSA) is 65.5 Å². The molecule has 8 heteroatoms. The van der Waals surface area contributed by atoms with Gasteiger partial charge in [0, 0.05) is 63.8 Å². The highest BCUT2D eigenvalue weighted by Gasteiger charge is 2.31. The summed E-state index contributed by atoms with van der Waals surface area (Å²) in [6.07, 6.45) is 8.00. The first-order chi connectivity index (χ1) is 16.6. The molecule has 4 aliphatic rings. The third kappa shape index (κ3) is 4.87. The van der Waals surface area contributed by atoms with Gasteiger partial charge in [0.15, 0.2) is 0 Å². The van der Waals surface area contributed by atoms with Crippen molar-refractivity contribution in [1.29, 1.82) is 0 Å². The molecule has 1 aromatic rings. The zero-order chi connectivity index (χ0) is 23.5. The lowest BCUT2D eigenvalue weighted by atomic mass is 9.95. The third-order valence-corrected chi connectivity index (χ3v) is 7.45. The highest BCUT2D eigenvalue weighted by molar-refractivity contribution is 5.95. The molecule has 1 aliphatic carbocycles. The summed E-state index contributed by atoms with van der Waals surface area (Å²) in [6, 6.07) is 4.85. The van der Waals surface area contributed by atoms with Crippen molar-refractivity contribution in [3.8, 4) is 0 Å². The number of allylic oxidation sites excluding steroid dienone is 2. The lowest BCUT2D eigenvalue weighted by Crippen LogP contribution is -2.52. The van der Waals surface area contributed by atoms with Crippen molar-refractivity contribution >= 4 is 18.0 Å². The number of carbonyl (C=O) groups is 2. The van der Waals surface area contributed by atoms with Crippen molar-refractivity contribution in [2.24, 2.45) is 10.9 Å². The summed E-state index contributed by atoms with van der Waals surface area (Å²) in [5.41, 5.74) is 3.67.